The summed E-state index contributed by atoms with van der Waals surface area (Å²) >= 11 is 0. The van der Waals surface area contributed by atoms with Crippen molar-refractivity contribution in [2.24, 2.45) is 17.3 Å². The molecule has 0 bridgehead atoms. The number of nitrogens with one attached hydrogen (secondary N) is 1. The second kappa shape index (κ2) is 3.73. The van der Waals surface area contributed by atoms with Crippen LogP contribution in [-0.2, 0) is 14.3 Å². The number of carbonyl (C=O) groups is 2. The van der Waals surface area contributed by atoms with E-state index in [1.54, 1.807) is 0 Å². The summed E-state index contributed by atoms with van der Waals surface area (Å²) in [7, 11) is 0. The zero-order valence-electron chi connectivity index (χ0n) is 9.53. The number of hydrogen-bond acceptors (Lipinski definition) is 3. The van der Waals surface area contributed by atoms with E-state index in [-0.39, 0.29) is 29.9 Å². The minimum atomic E-state index is -0.905. The van der Waals surface area contributed by atoms with Gasteiger partial charge in [0.2, 0.25) is 5.91 Å². The predicted octanol–water partition coefficient (Wildman–Crippen LogP) is 0.248. The highest BCUT2D eigenvalue weighted by molar-refractivity contribution is 5.83. The Balaban J connectivity index is 1.90. The van der Waals surface area contributed by atoms with Crippen LogP contribution < -0.4 is 5.32 Å². The Labute approximate surface area is 94.2 Å². The lowest BCUT2D eigenvalue weighted by Gasteiger charge is -2.16. The molecule has 0 aromatic carbocycles. The van der Waals surface area contributed by atoms with Crippen molar-refractivity contribution in [3.63, 3.8) is 0 Å². The largest absolute Gasteiger partial charge is 0.481 e. The van der Waals surface area contributed by atoms with E-state index in [9.17, 15) is 9.59 Å². The number of rotatable bonds is 3. The van der Waals surface area contributed by atoms with Gasteiger partial charge in [0.05, 0.1) is 19.3 Å². The van der Waals surface area contributed by atoms with E-state index >= 15 is 0 Å². The van der Waals surface area contributed by atoms with Gasteiger partial charge in [-0.1, -0.05) is 13.8 Å². The summed E-state index contributed by atoms with van der Waals surface area (Å²) in [6, 6.07) is -0.374. The van der Waals surface area contributed by atoms with Crippen molar-refractivity contribution in [1.29, 1.82) is 0 Å². The van der Waals surface area contributed by atoms with Gasteiger partial charge in [0, 0.05) is 5.92 Å². The number of hydrogen-bond donors (Lipinski definition) is 2. The highest BCUT2D eigenvalue weighted by Gasteiger charge is 2.51. The van der Waals surface area contributed by atoms with Crippen molar-refractivity contribution in [1.82, 2.24) is 5.32 Å². The topological polar surface area (TPSA) is 75.6 Å². The van der Waals surface area contributed by atoms with Gasteiger partial charge in [-0.05, 0) is 11.8 Å². The number of carboxylic acids is 1. The smallest absolute Gasteiger partial charge is 0.311 e. The van der Waals surface area contributed by atoms with Crippen molar-refractivity contribution >= 4 is 11.9 Å². The second-order valence-electron chi connectivity index (χ2n) is 5.34. The Hall–Kier alpha value is -1.10. The zero-order valence-corrected chi connectivity index (χ0v) is 9.53. The molecule has 2 fully saturated rings. The zero-order chi connectivity index (χ0) is 11.9. The second-order valence-corrected chi connectivity index (χ2v) is 5.34. The van der Waals surface area contributed by atoms with Gasteiger partial charge in [-0.15, -0.1) is 0 Å². The SMILES string of the molecule is CC1(C)CC1C(=O)NC1COCC1C(=O)O. The van der Waals surface area contributed by atoms with Crippen LogP contribution in [-0.4, -0.2) is 36.2 Å². The molecule has 5 heteroatoms. The minimum absolute atomic E-state index is 0.0301. The van der Waals surface area contributed by atoms with Crippen LogP contribution in [0.25, 0.3) is 0 Å². The van der Waals surface area contributed by atoms with E-state index in [1.807, 2.05) is 13.8 Å². The maximum atomic E-state index is 11.8. The Bertz CT molecular complexity index is 326. The molecular formula is C11H17NO4. The number of amides is 1. The van der Waals surface area contributed by atoms with Gasteiger partial charge in [0.1, 0.15) is 5.92 Å². The fraction of sp³-hybridized carbons (Fsp3) is 0.818. The Morgan fingerprint density at radius 3 is 2.50 bits per heavy atom. The van der Waals surface area contributed by atoms with Crippen LogP contribution in [0.4, 0.5) is 0 Å². The number of ether oxygens (including phenoxy) is 1. The predicted molar refractivity (Wildman–Crippen MR) is 55.8 cm³/mol. The maximum absolute atomic E-state index is 11.8. The first-order valence-electron chi connectivity index (χ1n) is 5.53. The lowest BCUT2D eigenvalue weighted by molar-refractivity contribution is -0.142. The standard InChI is InChI=1S/C11H17NO4/c1-11(2)3-7(11)9(13)12-8-5-16-4-6(8)10(14)15/h6-8H,3-5H2,1-2H3,(H,12,13)(H,14,15). The molecule has 5 nitrogen and oxygen atoms in total. The Morgan fingerprint density at radius 1 is 1.38 bits per heavy atom. The van der Waals surface area contributed by atoms with Gasteiger partial charge in [0.25, 0.3) is 0 Å². The van der Waals surface area contributed by atoms with Crippen LogP contribution in [0, 0.1) is 17.3 Å². The fourth-order valence-corrected chi connectivity index (χ4v) is 2.14. The van der Waals surface area contributed by atoms with E-state index in [4.69, 9.17) is 9.84 Å². The Morgan fingerprint density at radius 2 is 2.00 bits per heavy atom. The van der Waals surface area contributed by atoms with Gasteiger partial charge in [-0.2, -0.15) is 0 Å². The molecule has 1 saturated carbocycles. The van der Waals surface area contributed by atoms with Crippen molar-refractivity contribution in [2.75, 3.05) is 13.2 Å². The summed E-state index contributed by atoms with van der Waals surface area (Å²) in [4.78, 5) is 22.7. The van der Waals surface area contributed by atoms with Gasteiger partial charge in [-0.25, -0.2) is 0 Å². The third-order valence-electron chi connectivity index (χ3n) is 3.56. The molecule has 2 rings (SSSR count). The average Bonchev–Trinajstić information content (AvgIpc) is 2.61. The highest BCUT2D eigenvalue weighted by atomic mass is 16.5. The van der Waals surface area contributed by atoms with Crippen LogP contribution in [0.5, 0.6) is 0 Å². The molecule has 90 valence electrons. The molecule has 0 aromatic rings. The van der Waals surface area contributed by atoms with Gasteiger partial charge < -0.3 is 15.2 Å². The van der Waals surface area contributed by atoms with Crippen molar-refractivity contribution < 1.29 is 19.4 Å². The minimum Gasteiger partial charge on any atom is -0.481 e. The molecule has 3 unspecified atom stereocenters. The molecule has 16 heavy (non-hydrogen) atoms. The molecule has 0 aromatic heterocycles. The monoisotopic (exact) mass is 227 g/mol. The number of carbonyl (C=O) groups excluding carboxylic acids is 1. The molecule has 3 atom stereocenters. The molecular weight excluding hydrogens is 210 g/mol. The van der Waals surface area contributed by atoms with Crippen molar-refractivity contribution in [2.45, 2.75) is 26.3 Å². The molecule has 1 heterocycles. The van der Waals surface area contributed by atoms with E-state index < -0.39 is 11.9 Å². The third kappa shape index (κ3) is 2.04. The molecule has 0 radical (unpaired) electrons. The first-order valence-corrected chi connectivity index (χ1v) is 5.53. The van der Waals surface area contributed by atoms with E-state index in [0.29, 0.717) is 6.61 Å². The lowest BCUT2D eigenvalue weighted by Crippen LogP contribution is -2.43. The lowest BCUT2D eigenvalue weighted by atomic mass is 10.0. The Kier molecular flexibility index (Phi) is 2.66. The van der Waals surface area contributed by atoms with E-state index in [2.05, 4.69) is 5.32 Å². The molecule has 2 N–H and O–H groups in total. The van der Waals surface area contributed by atoms with Gasteiger partial charge in [0.15, 0.2) is 0 Å². The summed E-state index contributed by atoms with van der Waals surface area (Å²) in [5.74, 6) is -1.52. The molecule has 0 spiro atoms. The molecule has 1 saturated heterocycles. The molecule has 1 aliphatic heterocycles. The van der Waals surface area contributed by atoms with Crippen LogP contribution in [0.3, 0.4) is 0 Å². The van der Waals surface area contributed by atoms with Crippen LogP contribution in [0.2, 0.25) is 0 Å². The fourth-order valence-electron chi connectivity index (χ4n) is 2.14. The van der Waals surface area contributed by atoms with Crippen LogP contribution in [0.1, 0.15) is 20.3 Å². The van der Waals surface area contributed by atoms with Gasteiger partial charge in [-0.3, -0.25) is 9.59 Å². The highest BCUT2D eigenvalue weighted by Crippen LogP contribution is 2.51. The normalized spacial score (nSPS) is 35.8. The summed E-state index contributed by atoms with van der Waals surface area (Å²) in [5.41, 5.74) is 0.0717. The molecule has 1 amide bonds. The molecule has 1 aliphatic carbocycles. The van der Waals surface area contributed by atoms with Crippen LogP contribution >= 0.6 is 0 Å². The van der Waals surface area contributed by atoms with Crippen molar-refractivity contribution in [3.05, 3.63) is 0 Å². The third-order valence-corrected chi connectivity index (χ3v) is 3.56. The van der Waals surface area contributed by atoms with Gasteiger partial charge >= 0.3 is 5.97 Å². The van der Waals surface area contributed by atoms with E-state index in [1.165, 1.54) is 0 Å². The first-order chi connectivity index (χ1) is 7.42. The summed E-state index contributed by atoms with van der Waals surface area (Å²) in [5, 5.41) is 11.7. The van der Waals surface area contributed by atoms with Crippen LogP contribution in [0.15, 0.2) is 0 Å². The summed E-state index contributed by atoms with van der Waals surface area (Å²) in [6.45, 7) is 4.57. The quantitative estimate of drug-likeness (QED) is 0.724. The summed E-state index contributed by atoms with van der Waals surface area (Å²) in [6.07, 6.45) is 0.879. The van der Waals surface area contributed by atoms with E-state index in [0.717, 1.165) is 6.42 Å². The maximum Gasteiger partial charge on any atom is 0.311 e. The summed E-state index contributed by atoms with van der Waals surface area (Å²) < 4.78 is 5.09. The first kappa shape index (κ1) is 11.4. The number of aliphatic carboxylic acids is 1. The average molecular weight is 227 g/mol. The molecule has 2 aliphatic rings. The number of carboxylic acid groups (broad SMARTS) is 1. The van der Waals surface area contributed by atoms with Crippen molar-refractivity contribution in [3.8, 4) is 0 Å².